The maximum atomic E-state index is 13.8. The Labute approximate surface area is 162 Å². The van der Waals surface area contributed by atoms with Gasteiger partial charge in [-0.15, -0.1) is 0 Å². The van der Waals surface area contributed by atoms with Gasteiger partial charge in [-0.3, -0.25) is 14.4 Å². The molecule has 0 aromatic heterocycles. The number of amides is 1. The number of halogens is 1. The Hall–Kier alpha value is -3.24. The number of carbonyl (C=O) groups excluding carboxylic acids is 3. The van der Waals surface area contributed by atoms with Crippen molar-refractivity contribution in [3.8, 4) is 5.75 Å². The van der Waals surface area contributed by atoms with E-state index in [1.807, 2.05) is 0 Å². The van der Waals surface area contributed by atoms with Gasteiger partial charge < -0.3 is 31.3 Å². The van der Waals surface area contributed by atoms with Crippen molar-refractivity contribution >= 4 is 23.2 Å². The molecule has 0 saturated heterocycles. The summed E-state index contributed by atoms with van der Waals surface area (Å²) in [6.07, 6.45) is -2.34. The number of aromatic hydroxyl groups is 1. The largest absolute Gasteiger partial charge is 0.508 e. The first-order chi connectivity index (χ1) is 13.5. The molecule has 4 rings (SSSR count). The molecule has 3 aliphatic rings. The molecule has 29 heavy (non-hydrogen) atoms. The number of hydrogen-bond donors (Lipinski definition) is 6. The van der Waals surface area contributed by atoms with Crippen LogP contribution in [0.4, 0.5) is 4.39 Å². The summed E-state index contributed by atoms with van der Waals surface area (Å²) in [7, 11) is 0. The van der Waals surface area contributed by atoms with Crippen LogP contribution in [0.2, 0.25) is 0 Å². The second-order valence-electron chi connectivity index (χ2n) is 7.41. The first kappa shape index (κ1) is 19.1. The average molecular weight is 405 g/mol. The van der Waals surface area contributed by atoms with Crippen LogP contribution < -0.4 is 5.73 Å². The molecule has 3 aliphatic carbocycles. The molecule has 1 saturated carbocycles. The highest BCUT2D eigenvalue weighted by Gasteiger charge is 2.63. The zero-order valence-electron chi connectivity index (χ0n) is 14.7. The molecular formula is C19H16FNO8. The number of aliphatic hydroxyl groups is 4. The maximum absolute atomic E-state index is 13.8. The first-order valence-corrected chi connectivity index (χ1v) is 8.67. The number of aliphatic hydroxyl groups excluding tert-OH is 3. The fraction of sp³-hybridized carbons (Fsp3) is 0.316. The topological polar surface area (TPSA) is 178 Å². The fourth-order valence-electron chi connectivity index (χ4n) is 4.59. The summed E-state index contributed by atoms with van der Waals surface area (Å²) in [6, 6.07) is 2.22. The zero-order valence-corrected chi connectivity index (χ0v) is 14.7. The van der Waals surface area contributed by atoms with Crippen molar-refractivity contribution in [3.05, 3.63) is 46.0 Å². The highest BCUT2D eigenvalue weighted by atomic mass is 19.1. The lowest BCUT2D eigenvalue weighted by atomic mass is 9.58. The number of nitrogens with two attached hydrogens (primary N) is 1. The van der Waals surface area contributed by atoms with Crippen molar-refractivity contribution in [1.29, 1.82) is 0 Å². The Bertz CT molecular complexity index is 1070. The number of ketones is 2. The number of fused-ring (bicyclic) bond motifs is 3. The van der Waals surface area contributed by atoms with E-state index in [0.717, 1.165) is 6.07 Å². The highest BCUT2D eigenvalue weighted by Crippen LogP contribution is 2.52. The number of phenols is 1. The van der Waals surface area contributed by atoms with Gasteiger partial charge in [0.05, 0.1) is 11.7 Å². The van der Waals surface area contributed by atoms with Gasteiger partial charge in [0, 0.05) is 23.8 Å². The third-order valence-corrected chi connectivity index (χ3v) is 6.00. The molecule has 1 aromatic carbocycles. The van der Waals surface area contributed by atoms with E-state index in [9.17, 15) is 44.3 Å². The van der Waals surface area contributed by atoms with Crippen molar-refractivity contribution < 1.29 is 44.3 Å². The van der Waals surface area contributed by atoms with Crippen molar-refractivity contribution in [2.24, 2.45) is 17.6 Å². The van der Waals surface area contributed by atoms with E-state index < -0.39 is 81.7 Å². The minimum atomic E-state index is -2.89. The van der Waals surface area contributed by atoms with Crippen molar-refractivity contribution in [1.82, 2.24) is 0 Å². The van der Waals surface area contributed by atoms with E-state index in [-0.39, 0.29) is 17.5 Å². The predicted octanol–water partition coefficient (Wildman–Crippen LogP) is -0.466. The second-order valence-corrected chi connectivity index (χ2v) is 7.41. The van der Waals surface area contributed by atoms with Gasteiger partial charge >= 0.3 is 0 Å². The Morgan fingerprint density at radius 3 is 2.45 bits per heavy atom. The standard InChI is InChI=1S/C19H16FNO8/c20-8-2-1-5-3-6-11(15(25)10(5)14(8)24)16(26)19(29)7(13(6)23)4-9(22)12(17(19)27)18(21)28/h1-2,6-7,13,23-25,27,29H,3-4H2,(H2,21,28)/t6-,7-,13+,19+/m1/s1. The van der Waals surface area contributed by atoms with E-state index in [1.54, 1.807) is 0 Å². The van der Waals surface area contributed by atoms with Crippen molar-refractivity contribution in [2.75, 3.05) is 0 Å². The van der Waals surface area contributed by atoms with Crippen LogP contribution in [-0.4, -0.2) is 54.7 Å². The summed E-state index contributed by atoms with van der Waals surface area (Å²) in [4.78, 5) is 36.9. The van der Waals surface area contributed by atoms with Gasteiger partial charge in [0.15, 0.2) is 23.0 Å². The smallest absolute Gasteiger partial charge is 0.255 e. The van der Waals surface area contributed by atoms with E-state index in [2.05, 4.69) is 0 Å². The van der Waals surface area contributed by atoms with Gasteiger partial charge in [-0.2, -0.15) is 0 Å². The van der Waals surface area contributed by atoms with E-state index in [1.165, 1.54) is 6.07 Å². The summed E-state index contributed by atoms with van der Waals surface area (Å²) in [5.74, 6) is -10.3. The van der Waals surface area contributed by atoms with Crippen LogP contribution in [0.5, 0.6) is 5.75 Å². The van der Waals surface area contributed by atoms with Gasteiger partial charge in [0.1, 0.15) is 17.1 Å². The van der Waals surface area contributed by atoms with Crippen molar-refractivity contribution in [3.63, 3.8) is 0 Å². The lowest BCUT2D eigenvalue weighted by Gasteiger charge is -2.48. The Morgan fingerprint density at radius 1 is 1.17 bits per heavy atom. The molecule has 10 heteroatoms. The van der Waals surface area contributed by atoms with Crippen LogP contribution in [0.15, 0.2) is 29.0 Å². The van der Waals surface area contributed by atoms with E-state index in [0.29, 0.717) is 0 Å². The van der Waals surface area contributed by atoms with Crippen LogP contribution >= 0.6 is 0 Å². The van der Waals surface area contributed by atoms with Crippen LogP contribution in [0.1, 0.15) is 17.5 Å². The number of carbonyl (C=O) groups is 3. The Morgan fingerprint density at radius 2 is 1.83 bits per heavy atom. The number of phenolic OH excluding ortho intramolecular Hbond substituents is 1. The summed E-state index contributed by atoms with van der Waals surface area (Å²) in [5.41, 5.74) is 0.538. The van der Waals surface area contributed by atoms with E-state index in [4.69, 9.17) is 5.73 Å². The average Bonchev–Trinajstić information content (AvgIpc) is 2.65. The SMILES string of the molecule is NC(=O)C1=C(O)[C@@]2(O)C(=O)C3=C(O)c4c(ccc(F)c4O)C[C@H]3[C@H](O)[C@H]2CC1=O. The number of hydrogen-bond acceptors (Lipinski definition) is 8. The highest BCUT2D eigenvalue weighted by molar-refractivity contribution is 6.22. The molecule has 1 amide bonds. The Kier molecular flexibility index (Phi) is 3.87. The van der Waals surface area contributed by atoms with Crippen LogP contribution in [0.25, 0.3) is 5.76 Å². The minimum Gasteiger partial charge on any atom is -0.508 e. The van der Waals surface area contributed by atoms with Gasteiger partial charge in [0.2, 0.25) is 5.78 Å². The molecule has 152 valence electrons. The molecule has 1 aromatic rings. The van der Waals surface area contributed by atoms with Crippen LogP contribution in [-0.2, 0) is 20.8 Å². The summed E-state index contributed by atoms with van der Waals surface area (Å²) < 4.78 is 13.8. The predicted molar refractivity (Wildman–Crippen MR) is 92.7 cm³/mol. The van der Waals surface area contributed by atoms with Gasteiger partial charge in [0.25, 0.3) is 5.91 Å². The van der Waals surface area contributed by atoms with Gasteiger partial charge in [-0.25, -0.2) is 4.39 Å². The minimum absolute atomic E-state index is 0.108. The van der Waals surface area contributed by atoms with E-state index >= 15 is 0 Å². The molecule has 0 radical (unpaired) electrons. The molecule has 4 atom stereocenters. The molecule has 0 unspecified atom stereocenters. The Balaban J connectivity index is 1.99. The fourth-order valence-corrected chi connectivity index (χ4v) is 4.59. The van der Waals surface area contributed by atoms with Crippen LogP contribution in [0, 0.1) is 17.7 Å². The number of rotatable bonds is 1. The lowest BCUT2D eigenvalue weighted by Crippen LogP contribution is -2.63. The summed E-state index contributed by atoms with van der Waals surface area (Å²) >= 11 is 0. The summed E-state index contributed by atoms with van der Waals surface area (Å²) in [6.45, 7) is 0. The molecule has 9 nitrogen and oxygen atoms in total. The zero-order chi connectivity index (χ0) is 21.4. The number of primary amides is 1. The second kappa shape index (κ2) is 5.88. The van der Waals surface area contributed by atoms with Gasteiger partial charge in [-0.1, -0.05) is 6.07 Å². The molecule has 0 bridgehead atoms. The summed E-state index contributed by atoms with van der Waals surface area (Å²) in [5, 5.41) is 52.8. The third-order valence-electron chi connectivity index (χ3n) is 6.00. The third kappa shape index (κ3) is 2.23. The quantitative estimate of drug-likeness (QED) is 0.340. The molecule has 0 heterocycles. The number of benzene rings is 1. The first-order valence-electron chi connectivity index (χ1n) is 8.67. The molecular weight excluding hydrogens is 389 g/mol. The van der Waals surface area contributed by atoms with Crippen molar-refractivity contribution in [2.45, 2.75) is 24.5 Å². The van der Waals surface area contributed by atoms with Gasteiger partial charge in [-0.05, 0) is 18.1 Å². The molecule has 1 fully saturated rings. The molecule has 0 aliphatic heterocycles. The molecule has 0 spiro atoms. The number of Topliss-reactive ketones (excluding diaryl/α,β-unsaturated/α-hetero) is 2. The van der Waals surface area contributed by atoms with Crippen LogP contribution in [0.3, 0.4) is 0 Å². The monoisotopic (exact) mass is 405 g/mol. The normalized spacial score (nSPS) is 31.3. The molecule has 7 N–H and O–H groups in total. The maximum Gasteiger partial charge on any atom is 0.255 e. The lowest BCUT2D eigenvalue weighted by molar-refractivity contribution is -0.159.